The predicted molar refractivity (Wildman–Crippen MR) is 104 cm³/mol. The number of rotatable bonds is 10. The van der Waals surface area contributed by atoms with Gasteiger partial charge in [0.25, 0.3) is 0 Å². The second kappa shape index (κ2) is 10.8. The van der Waals surface area contributed by atoms with E-state index < -0.39 is 22.9 Å². The van der Waals surface area contributed by atoms with Gasteiger partial charge >= 0.3 is 13.2 Å². The van der Waals surface area contributed by atoms with Crippen LogP contribution in [-0.2, 0) is 17.6 Å². The normalized spacial score (nSPS) is 13.4. The lowest BCUT2D eigenvalue weighted by Gasteiger charge is -2.15. The van der Waals surface area contributed by atoms with Gasteiger partial charge in [0.2, 0.25) is 0 Å². The second-order valence-corrected chi connectivity index (χ2v) is 8.00. The molecule has 0 heterocycles. The van der Waals surface area contributed by atoms with Gasteiger partial charge in [-0.2, -0.15) is 17.6 Å². The van der Waals surface area contributed by atoms with Crippen LogP contribution in [0, 0.1) is 0 Å². The molecule has 0 saturated heterocycles. The van der Waals surface area contributed by atoms with Crippen LogP contribution in [0.4, 0.5) is 17.6 Å². The number of alkyl halides is 6. The van der Waals surface area contributed by atoms with Crippen LogP contribution in [0.5, 0.6) is 11.5 Å². The third-order valence-electron chi connectivity index (χ3n) is 3.74. The topological polar surface area (TPSA) is 35.5 Å². The maximum absolute atomic E-state index is 12.5. The summed E-state index contributed by atoms with van der Waals surface area (Å²) >= 11 is 6.71. The number of hydrogen-bond acceptors (Lipinski definition) is 3. The van der Waals surface area contributed by atoms with E-state index in [4.69, 9.17) is 0 Å². The maximum atomic E-state index is 12.5. The first kappa shape index (κ1) is 22.7. The highest BCUT2D eigenvalue weighted by Gasteiger charge is 2.23. The summed E-state index contributed by atoms with van der Waals surface area (Å²) in [7, 11) is 0. The van der Waals surface area contributed by atoms with Gasteiger partial charge in [0.05, 0.1) is 9.65 Å². The van der Waals surface area contributed by atoms with Gasteiger partial charge < -0.3 is 9.47 Å². The van der Waals surface area contributed by atoms with Gasteiger partial charge in [-0.25, -0.2) is 0 Å². The van der Waals surface area contributed by atoms with Crippen LogP contribution in [0.25, 0.3) is 0 Å². The summed E-state index contributed by atoms with van der Waals surface area (Å²) in [4.78, 5) is 11.6. The predicted octanol–water partition coefficient (Wildman–Crippen LogP) is 5.77. The zero-order chi connectivity index (χ0) is 20.7. The van der Waals surface area contributed by atoms with Crippen molar-refractivity contribution in [2.45, 2.75) is 35.7 Å². The second-order valence-electron chi connectivity index (χ2n) is 5.79. The molecule has 0 N–H and O–H groups in total. The van der Waals surface area contributed by atoms with Gasteiger partial charge in [-0.3, -0.25) is 4.79 Å². The largest absolute Gasteiger partial charge is 0.435 e. The minimum atomic E-state index is -2.89. The highest BCUT2D eigenvalue weighted by atomic mass is 79.9. The molecule has 0 amide bonds. The van der Waals surface area contributed by atoms with Gasteiger partial charge in [-0.1, -0.05) is 56.1 Å². The lowest BCUT2D eigenvalue weighted by atomic mass is 10.0. The van der Waals surface area contributed by atoms with Crippen molar-refractivity contribution in [3.63, 3.8) is 0 Å². The number of ether oxygens (including phenoxy) is 2. The van der Waals surface area contributed by atoms with Gasteiger partial charge in [0.1, 0.15) is 11.5 Å². The molecule has 152 valence electrons. The lowest BCUT2D eigenvalue weighted by Crippen LogP contribution is -2.27. The molecular weight excluding hydrogens is 512 g/mol. The molecule has 3 nitrogen and oxygen atoms in total. The number of benzene rings is 2. The molecule has 0 aromatic heterocycles. The third-order valence-corrected chi connectivity index (χ3v) is 5.29. The van der Waals surface area contributed by atoms with Crippen LogP contribution in [0.2, 0.25) is 0 Å². The fraction of sp³-hybridized carbons (Fsp3) is 0.316. The van der Waals surface area contributed by atoms with Crippen LogP contribution in [0.15, 0.2) is 48.5 Å². The number of halogens is 6. The Balaban J connectivity index is 1.89. The molecule has 0 spiro atoms. The summed E-state index contributed by atoms with van der Waals surface area (Å²) < 4.78 is 57.2. The van der Waals surface area contributed by atoms with Crippen LogP contribution >= 0.6 is 31.9 Å². The molecule has 0 aliphatic heterocycles. The first-order valence-corrected chi connectivity index (χ1v) is 9.97. The van der Waals surface area contributed by atoms with Gasteiger partial charge in [-0.15, -0.1) is 0 Å². The molecule has 0 aliphatic carbocycles. The molecule has 0 radical (unpaired) electrons. The van der Waals surface area contributed by atoms with Crippen molar-refractivity contribution in [1.29, 1.82) is 0 Å². The Labute approximate surface area is 176 Å². The van der Waals surface area contributed by atoms with Crippen LogP contribution in [0.1, 0.15) is 11.1 Å². The number of Topliss-reactive ketones (excluding diaryl/α,β-unsaturated/α-hetero) is 1. The van der Waals surface area contributed by atoms with Crippen molar-refractivity contribution in [3.05, 3.63) is 59.7 Å². The Bertz CT molecular complexity index is 691. The van der Waals surface area contributed by atoms with Crippen LogP contribution < -0.4 is 9.47 Å². The average Bonchev–Trinajstić information content (AvgIpc) is 2.63. The van der Waals surface area contributed by atoms with Gasteiger partial charge in [0, 0.05) is 0 Å². The molecule has 9 heteroatoms. The Morgan fingerprint density at radius 3 is 1.32 bits per heavy atom. The highest BCUT2D eigenvalue weighted by Crippen LogP contribution is 2.22. The summed E-state index contributed by atoms with van der Waals surface area (Å²) in [6.45, 7) is -5.77. The molecule has 0 fully saturated rings. The first-order valence-electron chi connectivity index (χ1n) is 8.14. The standard InChI is InChI=1S/C19H16Br2F4O3/c20-15(9-11-1-5-13(6-2-11)27-18(22)23)17(26)16(21)10-12-3-7-14(8-4-12)28-19(24)25/h1-8,15-16,18-19H,9-10H2. The summed E-state index contributed by atoms with van der Waals surface area (Å²) in [5.74, 6) is 0.00323. The summed E-state index contributed by atoms with van der Waals surface area (Å²) in [6, 6.07) is 12.1. The highest BCUT2D eigenvalue weighted by molar-refractivity contribution is 9.10. The van der Waals surface area contributed by atoms with Crippen molar-refractivity contribution < 1.29 is 31.8 Å². The summed E-state index contributed by atoms with van der Waals surface area (Å²) in [6.07, 6.45) is 0.744. The van der Waals surface area contributed by atoms with E-state index in [1.165, 1.54) is 24.3 Å². The Morgan fingerprint density at radius 1 is 0.714 bits per heavy atom. The van der Waals surface area contributed by atoms with E-state index in [-0.39, 0.29) is 17.3 Å². The van der Waals surface area contributed by atoms with Crippen molar-refractivity contribution >= 4 is 37.6 Å². The van der Waals surface area contributed by atoms with E-state index >= 15 is 0 Å². The Kier molecular flexibility index (Phi) is 8.75. The minimum absolute atomic E-state index is 0.0498. The fourth-order valence-electron chi connectivity index (χ4n) is 2.43. The molecule has 0 saturated carbocycles. The minimum Gasteiger partial charge on any atom is -0.435 e. The third kappa shape index (κ3) is 7.43. The summed E-state index contributed by atoms with van der Waals surface area (Å²) in [5.41, 5.74) is 1.56. The number of hydrogen-bond donors (Lipinski definition) is 0. The average molecular weight is 528 g/mol. The number of ketones is 1. The van der Waals surface area contributed by atoms with E-state index in [1.54, 1.807) is 24.3 Å². The molecule has 2 aromatic rings. The van der Waals surface area contributed by atoms with Crippen molar-refractivity contribution in [1.82, 2.24) is 0 Å². The SMILES string of the molecule is O=C(C(Br)Cc1ccc(OC(F)F)cc1)C(Br)Cc1ccc(OC(F)F)cc1. The van der Waals surface area contributed by atoms with E-state index in [2.05, 4.69) is 41.3 Å². The number of carbonyl (C=O) groups excluding carboxylic acids is 1. The van der Waals surface area contributed by atoms with E-state index in [1.807, 2.05) is 0 Å². The van der Waals surface area contributed by atoms with Crippen molar-refractivity contribution in [3.8, 4) is 11.5 Å². The molecule has 2 rings (SSSR count). The maximum Gasteiger partial charge on any atom is 0.387 e. The Hall–Kier alpha value is -1.61. The van der Waals surface area contributed by atoms with Crippen molar-refractivity contribution in [2.24, 2.45) is 0 Å². The van der Waals surface area contributed by atoms with Crippen molar-refractivity contribution in [2.75, 3.05) is 0 Å². The molecule has 0 aliphatic rings. The zero-order valence-corrected chi connectivity index (χ0v) is 17.5. The van der Waals surface area contributed by atoms with Gasteiger partial charge in [0.15, 0.2) is 5.78 Å². The smallest absolute Gasteiger partial charge is 0.387 e. The quantitative estimate of drug-likeness (QED) is 0.290. The molecule has 2 atom stereocenters. The van der Waals surface area contributed by atoms with Gasteiger partial charge in [-0.05, 0) is 48.2 Å². The molecular formula is C19H16Br2F4O3. The molecule has 0 bridgehead atoms. The molecule has 28 heavy (non-hydrogen) atoms. The van der Waals surface area contributed by atoms with E-state index in [9.17, 15) is 22.4 Å². The monoisotopic (exact) mass is 526 g/mol. The first-order chi connectivity index (χ1) is 13.2. The number of carbonyl (C=O) groups is 1. The molecule has 2 aromatic carbocycles. The Morgan fingerprint density at radius 2 is 1.04 bits per heavy atom. The lowest BCUT2D eigenvalue weighted by molar-refractivity contribution is -0.117. The fourth-order valence-corrected chi connectivity index (χ4v) is 4.17. The van der Waals surface area contributed by atoms with E-state index in [0.29, 0.717) is 12.8 Å². The van der Waals surface area contributed by atoms with E-state index in [0.717, 1.165) is 11.1 Å². The zero-order valence-electron chi connectivity index (χ0n) is 14.3. The summed E-state index contributed by atoms with van der Waals surface area (Å²) in [5, 5.41) is 0. The van der Waals surface area contributed by atoms with Crippen LogP contribution in [0.3, 0.4) is 0 Å². The molecule has 2 unspecified atom stereocenters. The van der Waals surface area contributed by atoms with Crippen LogP contribution in [-0.4, -0.2) is 28.7 Å².